The zero-order valence-corrected chi connectivity index (χ0v) is 12.4. The molecule has 0 saturated carbocycles. The van der Waals surface area contributed by atoms with Gasteiger partial charge in [-0.2, -0.15) is 4.31 Å². The fraction of sp³-hybridized carbons (Fsp3) is 0.571. The molecule has 1 heterocycles. The molecule has 1 aromatic carbocycles. The third-order valence-corrected chi connectivity index (χ3v) is 5.31. The average Bonchev–Trinajstić information content (AvgIpc) is 2.40. The molecule has 0 amide bonds. The van der Waals surface area contributed by atoms with Crippen molar-refractivity contribution in [3.05, 3.63) is 29.8 Å². The largest absolute Gasteiger partial charge is 0.312 e. The molecule has 1 aromatic rings. The lowest BCUT2D eigenvalue weighted by Gasteiger charge is -2.31. The fourth-order valence-corrected chi connectivity index (χ4v) is 3.91. The van der Waals surface area contributed by atoms with Crippen molar-refractivity contribution in [1.29, 1.82) is 0 Å². The van der Waals surface area contributed by atoms with E-state index in [0.717, 1.165) is 12.8 Å². The molecule has 1 N–H and O–H groups in total. The number of benzene rings is 1. The van der Waals surface area contributed by atoms with E-state index in [0.29, 0.717) is 24.5 Å². The maximum atomic E-state index is 12.5. The van der Waals surface area contributed by atoms with Crippen LogP contribution in [0.25, 0.3) is 0 Å². The molecule has 5 heteroatoms. The van der Waals surface area contributed by atoms with Gasteiger partial charge >= 0.3 is 0 Å². The summed E-state index contributed by atoms with van der Waals surface area (Å²) in [4.78, 5) is 0.404. The highest BCUT2D eigenvalue weighted by Gasteiger charge is 2.28. The summed E-state index contributed by atoms with van der Waals surface area (Å²) in [6.07, 6.45) is 2.06. The fourth-order valence-electron chi connectivity index (χ4n) is 2.38. The van der Waals surface area contributed by atoms with Crippen LogP contribution < -0.4 is 5.32 Å². The molecule has 2 rings (SSSR count). The highest BCUT2D eigenvalue weighted by Crippen LogP contribution is 2.18. The van der Waals surface area contributed by atoms with Gasteiger partial charge in [0.15, 0.2) is 0 Å². The predicted octanol–water partition coefficient (Wildman–Crippen LogP) is 1.62. The molecule has 0 aromatic heterocycles. The molecule has 1 unspecified atom stereocenters. The van der Waals surface area contributed by atoms with E-state index < -0.39 is 10.0 Å². The Balaban J connectivity index is 2.18. The smallest absolute Gasteiger partial charge is 0.243 e. The topological polar surface area (TPSA) is 49.4 Å². The molecule has 0 radical (unpaired) electrons. The molecule has 0 spiro atoms. The summed E-state index contributed by atoms with van der Waals surface area (Å²) in [5, 5.41) is 3.26. The lowest BCUT2D eigenvalue weighted by molar-refractivity contribution is 0.310. The average molecular weight is 282 g/mol. The number of sulfonamides is 1. The number of piperazine rings is 1. The Morgan fingerprint density at radius 1 is 1.32 bits per heavy atom. The third-order valence-electron chi connectivity index (χ3n) is 3.43. The van der Waals surface area contributed by atoms with Crippen LogP contribution in [0.15, 0.2) is 29.2 Å². The molecule has 1 atom stereocenters. The van der Waals surface area contributed by atoms with E-state index in [1.165, 1.54) is 5.56 Å². The van der Waals surface area contributed by atoms with Gasteiger partial charge in [0.1, 0.15) is 0 Å². The van der Waals surface area contributed by atoms with Gasteiger partial charge in [-0.05, 0) is 31.0 Å². The minimum absolute atomic E-state index is 0.211. The summed E-state index contributed by atoms with van der Waals surface area (Å²) in [5.41, 5.74) is 1.19. The lowest BCUT2D eigenvalue weighted by Crippen LogP contribution is -2.51. The highest BCUT2D eigenvalue weighted by molar-refractivity contribution is 7.89. The van der Waals surface area contributed by atoms with Crippen molar-refractivity contribution in [3.63, 3.8) is 0 Å². The summed E-state index contributed by atoms with van der Waals surface area (Å²) >= 11 is 0. The van der Waals surface area contributed by atoms with Crippen LogP contribution in [0.4, 0.5) is 0 Å². The minimum atomic E-state index is -3.33. The van der Waals surface area contributed by atoms with Crippen LogP contribution in [0.1, 0.15) is 25.8 Å². The maximum absolute atomic E-state index is 12.5. The van der Waals surface area contributed by atoms with Crippen molar-refractivity contribution in [2.45, 2.75) is 37.6 Å². The number of nitrogens with one attached hydrogen (secondary N) is 1. The van der Waals surface area contributed by atoms with Crippen LogP contribution in [-0.4, -0.2) is 38.4 Å². The first-order valence-electron chi connectivity index (χ1n) is 6.86. The first-order valence-corrected chi connectivity index (χ1v) is 8.30. The van der Waals surface area contributed by atoms with Crippen LogP contribution in [0.3, 0.4) is 0 Å². The Bertz CT molecular complexity index is 511. The summed E-state index contributed by atoms with van der Waals surface area (Å²) in [6, 6.07) is 7.51. The van der Waals surface area contributed by atoms with Gasteiger partial charge in [0.2, 0.25) is 10.0 Å². The van der Waals surface area contributed by atoms with Gasteiger partial charge in [-0.1, -0.05) is 25.5 Å². The quantitative estimate of drug-likeness (QED) is 0.913. The second kappa shape index (κ2) is 6.03. The normalized spacial score (nSPS) is 21.5. The van der Waals surface area contributed by atoms with Gasteiger partial charge in [0.25, 0.3) is 0 Å². The number of aryl methyl sites for hydroxylation is 1. The second-order valence-electron chi connectivity index (χ2n) is 5.11. The van der Waals surface area contributed by atoms with Crippen molar-refractivity contribution >= 4 is 10.0 Å². The number of hydrogen-bond acceptors (Lipinski definition) is 3. The Morgan fingerprint density at radius 3 is 2.58 bits per heavy atom. The van der Waals surface area contributed by atoms with Crippen LogP contribution in [0.5, 0.6) is 0 Å². The standard InChI is InChI=1S/C14H22N2O2S/c1-3-4-13-5-7-14(8-6-13)19(17,18)16-10-9-15-12(2)11-16/h5-8,12,15H,3-4,9-11H2,1-2H3. The zero-order chi connectivity index (χ0) is 13.9. The molecule has 1 aliphatic rings. The monoisotopic (exact) mass is 282 g/mol. The summed E-state index contributed by atoms with van der Waals surface area (Å²) < 4.78 is 26.6. The van der Waals surface area contributed by atoms with Gasteiger partial charge in [-0.15, -0.1) is 0 Å². The molecular weight excluding hydrogens is 260 g/mol. The van der Waals surface area contributed by atoms with Crippen LogP contribution in [0.2, 0.25) is 0 Å². The summed E-state index contributed by atoms with van der Waals surface area (Å²) in [6.45, 7) is 5.93. The van der Waals surface area contributed by atoms with E-state index >= 15 is 0 Å². The highest BCUT2D eigenvalue weighted by atomic mass is 32.2. The van der Waals surface area contributed by atoms with Gasteiger partial charge in [0.05, 0.1) is 4.90 Å². The van der Waals surface area contributed by atoms with Crippen LogP contribution in [0, 0.1) is 0 Å². The van der Waals surface area contributed by atoms with Crippen LogP contribution in [-0.2, 0) is 16.4 Å². The molecule has 106 valence electrons. The summed E-state index contributed by atoms with van der Waals surface area (Å²) in [5.74, 6) is 0. The van der Waals surface area contributed by atoms with E-state index in [1.54, 1.807) is 16.4 Å². The Kier molecular flexibility index (Phi) is 4.60. The Hall–Kier alpha value is -0.910. The third kappa shape index (κ3) is 3.35. The molecule has 4 nitrogen and oxygen atoms in total. The van der Waals surface area contributed by atoms with Crippen molar-refractivity contribution in [2.75, 3.05) is 19.6 Å². The minimum Gasteiger partial charge on any atom is -0.312 e. The van der Waals surface area contributed by atoms with Crippen molar-refractivity contribution in [1.82, 2.24) is 9.62 Å². The number of rotatable bonds is 4. The Labute approximate surface area is 115 Å². The van der Waals surface area contributed by atoms with E-state index in [9.17, 15) is 8.42 Å². The van der Waals surface area contributed by atoms with Gasteiger partial charge in [-0.25, -0.2) is 8.42 Å². The second-order valence-corrected chi connectivity index (χ2v) is 7.05. The molecular formula is C14H22N2O2S. The van der Waals surface area contributed by atoms with E-state index in [2.05, 4.69) is 12.2 Å². The maximum Gasteiger partial charge on any atom is 0.243 e. The molecule has 19 heavy (non-hydrogen) atoms. The molecule has 0 bridgehead atoms. The molecule has 1 aliphatic heterocycles. The van der Waals surface area contributed by atoms with Gasteiger partial charge < -0.3 is 5.32 Å². The van der Waals surface area contributed by atoms with Gasteiger partial charge in [0, 0.05) is 25.7 Å². The predicted molar refractivity (Wildman–Crippen MR) is 76.7 cm³/mol. The van der Waals surface area contributed by atoms with Crippen molar-refractivity contribution < 1.29 is 8.42 Å². The molecule has 1 fully saturated rings. The van der Waals surface area contributed by atoms with Crippen LogP contribution >= 0.6 is 0 Å². The molecule has 0 aliphatic carbocycles. The van der Waals surface area contributed by atoms with E-state index in [4.69, 9.17) is 0 Å². The van der Waals surface area contributed by atoms with E-state index in [1.807, 2.05) is 19.1 Å². The van der Waals surface area contributed by atoms with Gasteiger partial charge in [-0.3, -0.25) is 0 Å². The van der Waals surface area contributed by atoms with Crippen molar-refractivity contribution in [3.8, 4) is 0 Å². The number of nitrogens with zero attached hydrogens (tertiary/aromatic N) is 1. The van der Waals surface area contributed by atoms with E-state index in [-0.39, 0.29) is 6.04 Å². The molecule has 1 saturated heterocycles. The summed E-state index contributed by atoms with van der Waals surface area (Å²) in [7, 11) is -3.33. The first-order chi connectivity index (χ1) is 9.04. The number of hydrogen-bond donors (Lipinski definition) is 1. The Morgan fingerprint density at radius 2 is 2.00 bits per heavy atom. The first kappa shape index (κ1) is 14.5. The zero-order valence-electron chi connectivity index (χ0n) is 11.6. The van der Waals surface area contributed by atoms with Crippen molar-refractivity contribution in [2.24, 2.45) is 0 Å². The lowest BCUT2D eigenvalue weighted by atomic mass is 10.1. The SMILES string of the molecule is CCCc1ccc(S(=O)(=O)N2CCNC(C)C2)cc1.